The van der Waals surface area contributed by atoms with Gasteiger partial charge in [0.1, 0.15) is 0 Å². The summed E-state index contributed by atoms with van der Waals surface area (Å²) in [4.78, 5) is 24.3. The first kappa shape index (κ1) is 10.7. The van der Waals surface area contributed by atoms with Crippen LogP contribution in [0, 0.1) is 17.2 Å². The molecule has 1 unspecified atom stereocenters. The highest BCUT2D eigenvalue weighted by Gasteiger charge is 2.33. The Labute approximate surface area is 83.5 Å². The van der Waals surface area contributed by atoms with E-state index < -0.39 is 0 Å². The van der Waals surface area contributed by atoms with E-state index in [1.54, 1.807) is 6.92 Å². The van der Waals surface area contributed by atoms with Crippen LogP contribution in [0.4, 0.5) is 0 Å². The van der Waals surface area contributed by atoms with Crippen LogP contribution < -0.4 is 0 Å². The van der Waals surface area contributed by atoms with E-state index in [-0.39, 0.29) is 30.2 Å². The molecule has 4 heteroatoms. The summed E-state index contributed by atoms with van der Waals surface area (Å²) in [7, 11) is 0. The van der Waals surface area contributed by atoms with Crippen LogP contribution >= 0.6 is 0 Å². The number of hydrogen-bond acceptors (Lipinski definition) is 3. The van der Waals surface area contributed by atoms with Crippen molar-refractivity contribution < 1.29 is 9.59 Å². The van der Waals surface area contributed by atoms with Crippen molar-refractivity contribution in [1.82, 2.24) is 4.90 Å². The number of piperidine rings is 1. The average molecular weight is 194 g/mol. The smallest absolute Gasteiger partial charge is 0.229 e. The summed E-state index contributed by atoms with van der Waals surface area (Å²) in [5.41, 5.74) is 0. The maximum atomic E-state index is 11.5. The van der Waals surface area contributed by atoms with E-state index in [1.165, 1.54) is 4.90 Å². The molecule has 1 rings (SSSR count). The molecular weight excluding hydrogens is 180 g/mol. The second-order valence-electron chi connectivity index (χ2n) is 3.88. The van der Waals surface area contributed by atoms with E-state index in [1.807, 2.05) is 13.0 Å². The summed E-state index contributed by atoms with van der Waals surface area (Å²) >= 11 is 0. The molecule has 1 aliphatic heterocycles. The van der Waals surface area contributed by atoms with Crippen molar-refractivity contribution in [3.8, 4) is 6.07 Å². The van der Waals surface area contributed by atoms with E-state index in [2.05, 4.69) is 0 Å². The van der Waals surface area contributed by atoms with Crippen molar-refractivity contribution in [2.45, 2.75) is 39.2 Å². The first-order valence-electron chi connectivity index (χ1n) is 4.78. The summed E-state index contributed by atoms with van der Waals surface area (Å²) in [6.07, 6.45) is 1.05. The van der Waals surface area contributed by atoms with Gasteiger partial charge in [0.05, 0.1) is 12.5 Å². The molecule has 14 heavy (non-hydrogen) atoms. The predicted molar refractivity (Wildman–Crippen MR) is 49.9 cm³/mol. The lowest BCUT2D eigenvalue weighted by Gasteiger charge is -2.31. The molecule has 0 spiro atoms. The lowest BCUT2D eigenvalue weighted by molar-refractivity contribution is -0.152. The summed E-state index contributed by atoms with van der Waals surface area (Å²) in [6.45, 7) is 3.62. The zero-order valence-corrected chi connectivity index (χ0v) is 8.49. The number of nitrogens with zero attached hydrogens (tertiary/aromatic N) is 2. The Kier molecular flexibility index (Phi) is 3.23. The molecule has 0 radical (unpaired) electrons. The number of carbonyl (C=O) groups excluding carboxylic acids is 2. The Balaban J connectivity index is 2.73. The molecule has 0 aliphatic carbocycles. The van der Waals surface area contributed by atoms with Crippen LogP contribution in [-0.2, 0) is 9.59 Å². The Hall–Kier alpha value is -1.37. The fourth-order valence-corrected chi connectivity index (χ4v) is 1.72. The lowest BCUT2D eigenvalue weighted by Crippen LogP contribution is -2.47. The van der Waals surface area contributed by atoms with Gasteiger partial charge in [-0.15, -0.1) is 0 Å². The van der Waals surface area contributed by atoms with Gasteiger partial charge in [0, 0.05) is 18.9 Å². The minimum absolute atomic E-state index is 0.139. The number of amides is 2. The summed E-state index contributed by atoms with van der Waals surface area (Å²) < 4.78 is 0. The minimum Gasteiger partial charge on any atom is -0.279 e. The maximum absolute atomic E-state index is 11.5. The van der Waals surface area contributed by atoms with Crippen LogP contribution in [0.2, 0.25) is 0 Å². The number of likely N-dealkylation sites (tertiary alicyclic amines) is 1. The summed E-state index contributed by atoms with van der Waals surface area (Å²) in [6, 6.07) is 1.69. The van der Waals surface area contributed by atoms with Gasteiger partial charge >= 0.3 is 0 Å². The zero-order chi connectivity index (χ0) is 10.7. The molecule has 1 heterocycles. The first-order chi connectivity index (χ1) is 6.56. The van der Waals surface area contributed by atoms with Gasteiger partial charge in [0.2, 0.25) is 11.8 Å². The molecule has 0 saturated carbocycles. The monoisotopic (exact) mass is 194 g/mol. The van der Waals surface area contributed by atoms with Crippen LogP contribution in [0.3, 0.4) is 0 Å². The van der Waals surface area contributed by atoms with Crippen molar-refractivity contribution >= 4 is 11.8 Å². The lowest BCUT2D eigenvalue weighted by atomic mass is 9.96. The molecule has 76 valence electrons. The van der Waals surface area contributed by atoms with E-state index in [9.17, 15) is 9.59 Å². The predicted octanol–water partition coefficient (Wildman–Crippen LogP) is 1.07. The molecule has 0 N–H and O–H groups in total. The summed E-state index contributed by atoms with van der Waals surface area (Å²) in [5.74, 6) is -0.145. The van der Waals surface area contributed by atoms with E-state index >= 15 is 0 Å². The largest absolute Gasteiger partial charge is 0.279 e. The molecule has 1 saturated heterocycles. The molecule has 4 nitrogen and oxygen atoms in total. The third-order valence-corrected chi connectivity index (χ3v) is 2.41. The van der Waals surface area contributed by atoms with Gasteiger partial charge in [-0.25, -0.2) is 0 Å². The van der Waals surface area contributed by atoms with Crippen LogP contribution in [0.15, 0.2) is 0 Å². The van der Waals surface area contributed by atoms with Gasteiger partial charge in [-0.2, -0.15) is 5.26 Å². The van der Waals surface area contributed by atoms with Crippen molar-refractivity contribution in [1.29, 1.82) is 5.26 Å². The van der Waals surface area contributed by atoms with Gasteiger partial charge < -0.3 is 0 Å². The van der Waals surface area contributed by atoms with Gasteiger partial charge in [-0.3, -0.25) is 14.5 Å². The normalized spacial score (nSPS) is 20.8. The van der Waals surface area contributed by atoms with Crippen LogP contribution in [-0.4, -0.2) is 22.8 Å². The quantitative estimate of drug-likeness (QED) is 0.618. The Morgan fingerprint density at radius 3 is 2.43 bits per heavy atom. The molecule has 0 aromatic rings. The average Bonchev–Trinajstić information content (AvgIpc) is 2.01. The topological polar surface area (TPSA) is 61.2 Å². The van der Waals surface area contributed by atoms with Crippen LogP contribution in [0.5, 0.6) is 0 Å². The molecule has 0 aromatic carbocycles. The van der Waals surface area contributed by atoms with E-state index in [4.69, 9.17) is 5.26 Å². The van der Waals surface area contributed by atoms with E-state index in [0.717, 1.165) is 0 Å². The van der Waals surface area contributed by atoms with Crippen molar-refractivity contribution in [3.05, 3.63) is 0 Å². The molecular formula is C10H14N2O2. The van der Waals surface area contributed by atoms with Gasteiger partial charge in [0.15, 0.2) is 0 Å². The van der Waals surface area contributed by atoms with Crippen LogP contribution in [0.1, 0.15) is 33.1 Å². The third kappa shape index (κ3) is 2.11. The Morgan fingerprint density at radius 2 is 2.00 bits per heavy atom. The zero-order valence-electron chi connectivity index (χ0n) is 8.49. The fraction of sp³-hybridized carbons (Fsp3) is 0.700. The van der Waals surface area contributed by atoms with Crippen molar-refractivity contribution in [3.63, 3.8) is 0 Å². The maximum Gasteiger partial charge on any atom is 0.229 e. The standard InChI is InChI=1S/C10H14N2O2/c1-7-5-9(13)12(10(14)6-7)8(2)3-4-11/h7-8H,3,5-6H2,1-2H3. The molecule has 1 aliphatic rings. The third-order valence-electron chi connectivity index (χ3n) is 2.41. The number of rotatable bonds is 2. The number of carbonyl (C=O) groups is 2. The van der Waals surface area contributed by atoms with Gasteiger partial charge in [-0.1, -0.05) is 6.92 Å². The highest BCUT2D eigenvalue weighted by molar-refractivity contribution is 5.98. The molecule has 2 amide bonds. The first-order valence-corrected chi connectivity index (χ1v) is 4.78. The van der Waals surface area contributed by atoms with Gasteiger partial charge in [-0.05, 0) is 12.8 Å². The Bertz CT molecular complexity index is 275. The van der Waals surface area contributed by atoms with Crippen molar-refractivity contribution in [2.75, 3.05) is 0 Å². The molecule has 0 bridgehead atoms. The number of imide groups is 1. The Morgan fingerprint density at radius 1 is 1.50 bits per heavy atom. The number of nitriles is 1. The second kappa shape index (κ2) is 4.23. The summed E-state index contributed by atoms with van der Waals surface area (Å²) in [5, 5.41) is 8.49. The highest BCUT2D eigenvalue weighted by atomic mass is 16.2. The minimum atomic E-state index is -0.285. The molecule has 1 fully saturated rings. The highest BCUT2D eigenvalue weighted by Crippen LogP contribution is 2.21. The SMILES string of the molecule is CC1CC(=O)N(C(C)CC#N)C(=O)C1. The second-order valence-corrected chi connectivity index (χ2v) is 3.88. The van der Waals surface area contributed by atoms with E-state index in [0.29, 0.717) is 12.8 Å². The van der Waals surface area contributed by atoms with Crippen LogP contribution in [0.25, 0.3) is 0 Å². The molecule has 0 aromatic heterocycles. The van der Waals surface area contributed by atoms with Crippen molar-refractivity contribution in [2.24, 2.45) is 5.92 Å². The van der Waals surface area contributed by atoms with Gasteiger partial charge in [0.25, 0.3) is 0 Å². The fourth-order valence-electron chi connectivity index (χ4n) is 1.72. The number of hydrogen-bond donors (Lipinski definition) is 0. The molecule has 1 atom stereocenters.